The largest absolute Gasteiger partial charge is 0.478 e. The normalized spacial score (nSPS) is 23.2. The first-order chi connectivity index (χ1) is 5.54. The van der Waals surface area contributed by atoms with Crippen LogP contribution in [0.5, 0.6) is 0 Å². The topological polar surface area (TPSA) is 37.3 Å². The maximum Gasteiger partial charge on any atom is 0.335 e. The molecule has 0 aromatic rings. The molecule has 0 radical (unpaired) electrons. The molecule has 0 bridgehead atoms. The van der Waals surface area contributed by atoms with Crippen LogP contribution in [-0.4, -0.2) is 15.9 Å². The zero-order valence-electron chi connectivity index (χ0n) is 7.00. The second-order valence-corrected chi connectivity index (χ2v) is 3.30. The molecule has 0 fully saturated rings. The second kappa shape index (κ2) is 3.19. The number of hydrogen-bond acceptors (Lipinski definition) is 2. The average Bonchev–Trinajstić information content (AvgIpc) is 2.00. The van der Waals surface area contributed by atoms with Gasteiger partial charge in [0.25, 0.3) is 0 Å². The number of allylic oxidation sites excluding steroid dienone is 2. The summed E-state index contributed by atoms with van der Waals surface area (Å²) in [7, 11) is 0. The van der Waals surface area contributed by atoms with Crippen LogP contribution in [0.25, 0.3) is 0 Å². The van der Waals surface area contributed by atoms with Gasteiger partial charge in [-0.25, -0.2) is 4.79 Å². The van der Waals surface area contributed by atoms with Crippen molar-refractivity contribution in [3.8, 4) is 0 Å². The summed E-state index contributed by atoms with van der Waals surface area (Å²) in [5.74, 6) is -0.721. The van der Waals surface area contributed by atoms with Crippen molar-refractivity contribution < 1.29 is 9.90 Å². The van der Waals surface area contributed by atoms with Crippen molar-refractivity contribution >= 4 is 23.1 Å². The van der Waals surface area contributed by atoms with E-state index in [1.165, 1.54) is 0 Å². The Bertz CT molecular complexity index is 300. The number of carboxylic acid groups (broad SMARTS) is 1. The molecule has 0 saturated heterocycles. The van der Waals surface area contributed by atoms with Crippen molar-refractivity contribution in [1.82, 2.24) is 0 Å². The zero-order valence-corrected chi connectivity index (χ0v) is 7.81. The summed E-state index contributed by atoms with van der Waals surface area (Å²) < 4.78 is 0. The van der Waals surface area contributed by atoms with Crippen LogP contribution in [0.15, 0.2) is 23.3 Å². The van der Waals surface area contributed by atoms with Crippen molar-refractivity contribution in [3.05, 3.63) is 23.3 Å². The highest BCUT2D eigenvalue weighted by molar-refractivity contribution is 7.80. The molecule has 0 aromatic heterocycles. The molecule has 0 saturated carbocycles. The first kappa shape index (κ1) is 9.13. The Hall–Kier alpha value is -0.960. The summed E-state index contributed by atoms with van der Waals surface area (Å²) in [4.78, 5) is 11.4. The fourth-order valence-electron chi connectivity index (χ4n) is 1.16. The molecule has 0 aliphatic heterocycles. The third kappa shape index (κ3) is 1.46. The molecular formula is C9H10O2S. The van der Waals surface area contributed by atoms with Gasteiger partial charge in [-0.2, -0.15) is 0 Å². The van der Waals surface area contributed by atoms with Gasteiger partial charge in [0.1, 0.15) is 0 Å². The number of thiocarbonyl (C=S) groups is 1. The third-order valence-corrected chi connectivity index (χ3v) is 2.65. The minimum atomic E-state index is -0.905. The van der Waals surface area contributed by atoms with Crippen molar-refractivity contribution in [1.29, 1.82) is 0 Å². The predicted octanol–water partition coefficient (Wildman–Crippen LogP) is 1.96. The highest BCUT2D eigenvalue weighted by atomic mass is 32.1. The first-order valence-corrected chi connectivity index (χ1v) is 4.11. The fourth-order valence-corrected chi connectivity index (χ4v) is 1.35. The summed E-state index contributed by atoms with van der Waals surface area (Å²) in [6, 6.07) is 0. The molecular weight excluding hydrogens is 172 g/mol. The van der Waals surface area contributed by atoms with Gasteiger partial charge in [0.2, 0.25) is 0 Å². The van der Waals surface area contributed by atoms with E-state index >= 15 is 0 Å². The van der Waals surface area contributed by atoms with Crippen molar-refractivity contribution in [3.63, 3.8) is 0 Å². The van der Waals surface area contributed by atoms with E-state index in [4.69, 9.17) is 17.3 Å². The molecule has 1 aliphatic carbocycles. The molecule has 1 aliphatic rings. The van der Waals surface area contributed by atoms with Gasteiger partial charge in [0, 0.05) is 10.8 Å². The van der Waals surface area contributed by atoms with E-state index in [0.29, 0.717) is 11.1 Å². The average molecular weight is 182 g/mol. The molecule has 1 N–H and O–H groups in total. The molecule has 64 valence electrons. The molecule has 1 atom stereocenters. The van der Waals surface area contributed by atoms with Gasteiger partial charge in [-0.05, 0) is 12.5 Å². The minimum Gasteiger partial charge on any atom is -0.478 e. The first-order valence-electron chi connectivity index (χ1n) is 3.70. The summed E-state index contributed by atoms with van der Waals surface area (Å²) in [6.45, 7) is 3.72. The zero-order chi connectivity index (χ0) is 9.30. The summed E-state index contributed by atoms with van der Waals surface area (Å²) >= 11 is 5.07. The van der Waals surface area contributed by atoms with Gasteiger partial charge in [0.15, 0.2) is 0 Å². The van der Waals surface area contributed by atoms with E-state index < -0.39 is 5.97 Å². The smallest absolute Gasteiger partial charge is 0.335 e. The van der Waals surface area contributed by atoms with E-state index in [-0.39, 0.29) is 5.92 Å². The number of carboxylic acids is 1. The summed E-state index contributed by atoms with van der Waals surface area (Å²) in [6.07, 6.45) is 3.44. The van der Waals surface area contributed by atoms with Crippen LogP contribution < -0.4 is 0 Å². The highest BCUT2D eigenvalue weighted by Gasteiger charge is 2.19. The van der Waals surface area contributed by atoms with Gasteiger partial charge in [-0.1, -0.05) is 31.3 Å². The molecule has 12 heavy (non-hydrogen) atoms. The van der Waals surface area contributed by atoms with Gasteiger partial charge in [0.05, 0.1) is 5.57 Å². The van der Waals surface area contributed by atoms with E-state index in [0.717, 1.165) is 4.86 Å². The van der Waals surface area contributed by atoms with E-state index in [1.54, 1.807) is 13.0 Å². The Morgan fingerprint density at radius 1 is 1.67 bits per heavy atom. The lowest BCUT2D eigenvalue weighted by molar-refractivity contribution is -0.132. The predicted molar refractivity (Wildman–Crippen MR) is 51.2 cm³/mol. The van der Waals surface area contributed by atoms with Crippen molar-refractivity contribution in [2.45, 2.75) is 13.8 Å². The summed E-state index contributed by atoms with van der Waals surface area (Å²) in [5.41, 5.74) is 1.03. The molecule has 0 amide bonds. The van der Waals surface area contributed by atoms with Gasteiger partial charge in [-0.3, -0.25) is 0 Å². The lowest BCUT2D eigenvalue weighted by atomic mass is 9.91. The highest BCUT2D eigenvalue weighted by Crippen LogP contribution is 2.20. The monoisotopic (exact) mass is 182 g/mol. The lowest BCUT2D eigenvalue weighted by Crippen LogP contribution is -2.16. The Morgan fingerprint density at radius 3 is 2.75 bits per heavy atom. The van der Waals surface area contributed by atoms with E-state index in [9.17, 15) is 4.79 Å². The Kier molecular flexibility index (Phi) is 2.43. The van der Waals surface area contributed by atoms with Crippen molar-refractivity contribution in [2.24, 2.45) is 5.92 Å². The number of rotatable bonds is 1. The van der Waals surface area contributed by atoms with E-state index in [2.05, 4.69) is 0 Å². The molecule has 1 rings (SSSR count). The molecule has 2 nitrogen and oxygen atoms in total. The molecule has 0 spiro atoms. The number of aliphatic carboxylic acids is 1. The second-order valence-electron chi connectivity index (χ2n) is 2.86. The maximum atomic E-state index is 10.6. The van der Waals surface area contributed by atoms with Crippen LogP contribution in [0.3, 0.4) is 0 Å². The molecule has 0 heterocycles. The molecule has 0 aromatic carbocycles. The Balaban J connectivity index is 3.11. The van der Waals surface area contributed by atoms with Crippen LogP contribution in [0.1, 0.15) is 13.8 Å². The van der Waals surface area contributed by atoms with Crippen LogP contribution in [0.4, 0.5) is 0 Å². The van der Waals surface area contributed by atoms with Crippen molar-refractivity contribution in [2.75, 3.05) is 0 Å². The Morgan fingerprint density at radius 2 is 2.25 bits per heavy atom. The van der Waals surface area contributed by atoms with Crippen LogP contribution in [-0.2, 0) is 4.79 Å². The minimum absolute atomic E-state index is 0.183. The van der Waals surface area contributed by atoms with Gasteiger partial charge >= 0.3 is 5.97 Å². The molecule has 3 heteroatoms. The van der Waals surface area contributed by atoms with Gasteiger partial charge < -0.3 is 5.11 Å². The lowest BCUT2D eigenvalue weighted by Gasteiger charge is -2.15. The summed E-state index contributed by atoms with van der Waals surface area (Å²) in [5, 5.41) is 8.74. The Labute approximate surface area is 76.6 Å². The third-order valence-electron chi connectivity index (χ3n) is 1.97. The van der Waals surface area contributed by atoms with Gasteiger partial charge in [-0.15, -0.1) is 0 Å². The van der Waals surface area contributed by atoms with Crippen LogP contribution in [0.2, 0.25) is 0 Å². The SMILES string of the molecule is CC1=C(C(=O)O)C=CC(C)C1=S. The van der Waals surface area contributed by atoms with E-state index in [1.807, 2.05) is 13.0 Å². The number of carbonyl (C=O) groups is 1. The van der Waals surface area contributed by atoms with Crippen LogP contribution in [0, 0.1) is 5.92 Å². The maximum absolute atomic E-state index is 10.6. The molecule has 1 unspecified atom stereocenters. The number of hydrogen-bond donors (Lipinski definition) is 1. The quantitative estimate of drug-likeness (QED) is 0.630. The fraction of sp³-hybridized carbons (Fsp3) is 0.333. The van der Waals surface area contributed by atoms with Crippen LogP contribution >= 0.6 is 12.2 Å². The standard InChI is InChI=1S/C9H10O2S/c1-5-3-4-7(9(10)11)6(2)8(5)12/h3-5H,1-2H3,(H,10,11).